The fraction of sp³-hybridized carbons (Fsp3) is 0.250. The first-order valence-corrected chi connectivity index (χ1v) is 8.37. The standard InChI is InChI=1S/C20H19NO7/c1-25-15-8-13(9-16(26-2)18(15)27-3)17(22)14-10-28-19(21-14)11-4-6-12(7-5-11)20(23)24/h4-9,14H,10H2,1-3H3,(H,23,24). The molecule has 3 rings (SSSR count). The van der Waals surface area contributed by atoms with Gasteiger partial charge in [-0.25, -0.2) is 9.79 Å². The lowest BCUT2D eigenvalue weighted by Gasteiger charge is -2.14. The molecule has 8 heteroatoms. The van der Waals surface area contributed by atoms with Crippen LogP contribution in [-0.2, 0) is 4.74 Å². The van der Waals surface area contributed by atoms with Crippen LogP contribution in [0, 0.1) is 0 Å². The van der Waals surface area contributed by atoms with Gasteiger partial charge < -0.3 is 24.1 Å². The minimum Gasteiger partial charge on any atom is -0.493 e. The van der Waals surface area contributed by atoms with Crippen molar-refractivity contribution in [3.8, 4) is 17.2 Å². The highest BCUT2D eigenvalue weighted by Crippen LogP contribution is 2.38. The van der Waals surface area contributed by atoms with Gasteiger partial charge in [0.1, 0.15) is 6.61 Å². The normalized spacial score (nSPS) is 15.4. The molecular weight excluding hydrogens is 366 g/mol. The van der Waals surface area contributed by atoms with Crippen molar-refractivity contribution in [2.45, 2.75) is 6.04 Å². The van der Waals surface area contributed by atoms with Crippen molar-refractivity contribution in [1.29, 1.82) is 0 Å². The molecule has 2 aromatic rings. The molecule has 1 aliphatic heterocycles. The molecule has 0 spiro atoms. The van der Waals surface area contributed by atoms with E-state index in [-0.39, 0.29) is 18.0 Å². The molecule has 1 aliphatic rings. The lowest BCUT2D eigenvalue weighted by atomic mass is 10.0. The van der Waals surface area contributed by atoms with Gasteiger partial charge in [-0.1, -0.05) is 0 Å². The van der Waals surface area contributed by atoms with Gasteiger partial charge in [-0.15, -0.1) is 0 Å². The quantitative estimate of drug-likeness (QED) is 0.730. The molecule has 1 unspecified atom stereocenters. The Morgan fingerprint density at radius 1 is 1.00 bits per heavy atom. The highest BCUT2D eigenvalue weighted by Gasteiger charge is 2.29. The first kappa shape index (κ1) is 19.2. The Morgan fingerprint density at radius 3 is 2.11 bits per heavy atom. The van der Waals surface area contributed by atoms with Gasteiger partial charge in [0.25, 0.3) is 0 Å². The van der Waals surface area contributed by atoms with Crippen molar-refractivity contribution in [2.75, 3.05) is 27.9 Å². The predicted octanol–water partition coefficient (Wildman–Crippen LogP) is 2.44. The van der Waals surface area contributed by atoms with Crippen LogP contribution in [0.5, 0.6) is 17.2 Å². The Morgan fingerprint density at radius 2 is 1.61 bits per heavy atom. The summed E-state index contributed by atoms with van der Waals surface area (Å²) in [6, 6.07) is 8.51. The SMILES string of the molecule is COc1cc(C(=O)C2COC(c3ccc(C(=O)O)cc3)=N2)cc(OC)c1OC. The van der Waals surface area contributed by atoms with E-state index in [1.54, 1.807) is 24.3 Å². The van der Waals surface area contributed by atoms with Gasteiger partial charge in [0.15, 0.2) is 23.3 Å². The Kier molecular flexibility index (Phi) is 5.49. The van der Waals surface area contributed by atoms with E-state index < -0.39 is 12.0 Å². The topological polar surface area (TPSA) is 104 Å². The highest BCUT2D eigenvalue weighted by molar-refractivity contribution is 6.05. The van der Waals surface area contributed by atoms with Crippen molar-refractivity contribution >= 4 is 17.7 Å². The minimum absolute atomic E-state index is 0.0888. The molecule has 0 fully saturated rings. The summed E-state index contributed by atoms with van der Waals surface area (Å²) in [5.41, 5.74) is 1.12. The zero-order valence-electron chi connectivity index (χ0n) is 15.6. The van der Waals surface area contributed by atoms with Crippen LogP contribution in [0.2, 0.25) is 0 Å². The van der Waals surface area contributed by atoms with Crippen molar-refractivity contribution in [3.05, 3.63) is 53.1 Å². The third-order valence-electron chi connectivity index (χ3n) is 4.28. The second kappa shape index (κ2) is 7.99. The fourth-order valence-electron chi connectivity index (χ4n) is 2.84. The number of ether oxygens (including phenoxy) is 4. The molecule has 1 heterocycles. The molecule has 0 amide bonds. The molecule has 0 aliphatic carbocycles. The van der Waals surface area contributed by atoms with Crippen LogP contribution in [0.25, 0.3) is 0 Å². The van der Waals surface area contributed by atoms with Crippen molar-refractivity contribution in [2.24, 2.45) is 4.99 Å². The van der Waals surface area contributed by atoms with Gasteiger partial charge in [0.05, 0.1) is 26.9 Å². The maximum Gasteiger partial charge on any atom is 0.335 e. The number of hydrogen-bond acceptors (Lipinski definition) is 7. The van der Waals surface area contributed by atoms with Gasteiger partial charge in [-0.2, -0.15) is 0 Å². The summed E-state index contributed by atoms with van der Waals surface area (Å²) < 4.78 is 21.4. The van der Waals surface area contributed by atoms with E-state index in [4.69, 9.17) is 24.1 Å². The maximum atomic E-state index is 12.9. The van der Waals surface area contributed by atoms with Crippen molar-refractivity contribution < 1.29 is 33.6 Å². The molecule has 0 saturated carbocycles. The average molecular weight is 385 g/mol. The number of nitrogens with zero attached hydrogens (tertiary/aromatic N) is 1. The zero-order valence-corrected chi connectivity index (χ0v) is 15.6. The number of hydrogen-bond donors (Lipinski definition) is 1. The van der Waals surface area contributed by atoms with E-state index in [0.717, 1.165) is 0 Å². The molecule has 146 valence electrons. The molecule has 1 atom stereocenters. The number of aliphatic imine (C=N–C) groups is 1. The number of rotatable bonds is 7. The van der Waals surface area contributed by atoms with Crippen molar-refractivity contribution in [3.63, 3.8) is 0 Å². The van der Waals surface area contributed by atoms with Crippen LogP contribution < -0.4 is 14.2 Å². The first-order valence-electron chi connectivity index (χ1n) is 8.37. The van der Waals surface area contributed by atoms with Crippen LogP contribution in [0.1, 0.15) is 26.3 Å². The lowest BCUT2D eigenvalue weighted by Crippen LogP contribution is -2.20. The molecule has 0 aromatic heterocycles. The maximum absolute atomic E-state index is 12.9. The summed E-state index contributed by atoms with van der Waals surface area (Å²) in [6.07, 6.45) is 0. The largest absolute Gasteiger partial charge is 0.493 e. The molecule has 8 nitrogen and oxygen atoms in total. The number of carboxylic acids is 1. The molecule has 0 radical (unpaired) electrons. The van der Waals surface area contributed by atoms with Crippen LogP contribution in [-0.4, -0.2) is 56.7 Å². The van der Waals surface area contributed by atoms with Gasteiger partial charge in [-0.3, -0.25) is 4.79 Å². The minimum atomic E-state index is -1.02. The van der Waals surface area contributed by atoms with Crippen LogP contribution in [0.3, 0.4) is 0 Å². The molecule has 0 bridgehead atoms. The van der Waals surface area contributed by atoms with E-state index in [9.17, 15) is 9.59 Å². The van der Waals surface area contributed by atoms with E-state index in [0.29, 0.717) is 34.3 Å². The van der Waals surface area contributed by atoms with Gasteiger partial charge in [0, 0.05) is 11.1 Å². The lowest BCUT2D eigenvalue weighted by molar-refractivity contribution is 0.0696. The fourth-order valence-corrected chi connectivity index (χ4v) is 2.84. The third-order valence-corrected chi connectivity index (χ3v) is 4.28. The van der Waals surface area contributed by atoms with Gasteiger partial charge >= 0.3 is 5.97 Å². The van der Waals surface area contributed by atoms with E-state index in [2.05, 4.69) is 4.99 Å². The Balaban J connectivity index is 1.86. The molecule has 0 saturated heterocycles. The second-order valence-corrected chi connectivity index (χ2v) is 5.92. The molecule has 2 aromatic carbocycles. The van der Waals surface area contributed by atoms with E-state index >= 15 is 0 Å². The number of carbonyl (C=O) groups is 2. The predicted molar refractivity (Wildman–Crippen MR) is 100 cm³/mol. The highest BCUT2D eigenvalue weighted by atomic mass is 16.5. The number of Topliss-reactive ketones (excluding diaryl/α,β-unsaturated/α-hetero) is 1. The smallest absolute Gasteiger partial charge is 0.335 e. The van der Waals surface area contributed by atoms with E-state index in [1.165, 1.54) is 33.5 Å². The summed E-state index contributed by atoms with van der Waals surface area (Å²) in [4.78, 5) is 28.2. The number of aromatic carboxylic acids is 1. The zero-order chi connectivity index (χ0) is 20.3. The second-order valence-electron chi connectivity index (χ2n) is 5.92. The van der Waals surface area contributed by atoms with Gasteiger partial charge in [0.2, 0.25) is 11.6 Å². The van der Waals surface area contributed by atoms with Crippen LogP contribution in [0.15, 0.2) is 41.4 Å². The Labute approximate surface area is 161 Å². The summed E-state index contributed by atoms with van der Waals surface area (Å²) >= 11 is 0. The van der Waals surface area contributed by atoms with Crippen LogP contribution >= 0.6 is 0 Å². The molecular formula is C20H19NO7. The molecule has 28 heavy (non-hydrogen) atoms. The Bertz CT molecular complexity index is 909. The van der Waals surface area contributed by atoms with Crippen molar-refractivity contribution in [1.82, 2.24) is 0 Å². The first-order chi connectivity index (χ1) is 13.5. The third kappa shape index (κ3) is 3.62. The summed E-state index contributed by atoms with van der Waals surface area (Å²) in [5.74, 6) is 0.164. The monoisotopic (exact) mass is 385 g/mol. The summed E-state index contributed by atoms with van der Waals surface area (Å²) in [6.45, 7) is 0.0888. The summed E-state index contributed by atoms with van der Waals surface area (Å²) in [5, 5.41) is 8.97. The van der Waals surface area contributed by atoms with E-state index in [1.807, 2.05) is 0 Å². The Hall–Kier alpha value is -3.55. The number of benzene rings is 2. The number of carbonyl (C=O) groups excluding carboxylic acids is 1. The number of carboxylic acid groups (broad SMARTS) is 1. The summed E-state index contributed by atoms with van der Waals surface area (Å²) in [7, 11) is 4.43. The number of methoxy groups -OCH3 is 3. The van der Waals surface area contributed by atoms with Gasteiger partial charge in [-0.05, 0) is 36.4 Å². The number of ketones is 1. The average Bonchev–Trinajstić information content (AvgIpc) is 3.22. The molecule has 1 N–H and O–H groups in total. The van der Waals surface area contributed by atoms with Crippen LogP contribution in [0.4, 0.5) is 0 Å².